The summed E-state index contributed by atoms with van der Waals surface area (Å²) in [6, 6.07) is 13.6. The number of hydrogen-bond acceptors (Lipinski definition) is 7. The molecule has 8 nitrogen and oxygen atoms in total. The highest BCUT2D eigenvalue weighted by Crippen LogP contribution is 2.44. The van der Waals surface area contributed by atoms with Crippen LogP contribution in [-0.4, -0.2) is 40.1 Å². The normalized spacial score (nSPS) is 17.1. The Morgan fingerprint density at radius 1 is 1.00 bits per heavy atom. The van der Waals surface area contributed by atoms with E-state index in [1.807, 2.05) is 6.92 Å². The third kappa shape index (κ3) is 4.17. The van der Waals surface area contributed by atoms with Crippen LogP contribution in [0.1, 0.15) is 31.0 Å². The first-order chi connectivity index (χ1) is 16.5. The Bertz CT molecular complexity index is 1260. The van der Waals surface area contributed by atoms with Crippen molar-refractivity contribution in [2.75, 3.05) is 18.1 Å². The number of ether oxygens (including phenoxy) is 2. The van der Waals surface area contributed by atoms with E-state index in [4.69, 9.17) is 9.47 Å². The first-order valence-corrected chi connectivity index (χ1v) is 10.9. The number of rotatable bonds is 7. The number of carbonyl (C=O) groups is 2. The van der Waals surface area contributed by atoms with E-state index >= 15 is 0 Å². The highest BCUT2D eigenvalue weighted by Gasteiger charge is 2.47. The molecular formula is C26H24N2O6. The fourth-order valence-electron chi connectivity index (χ4n) is 3.94. The molecule has 0 spiro atoms. The van der Waals surface area contributed by atoms with Gasteiger partial charge in [-0.25, -0.2) is 0 Å². The van der Waals surface area contributed by atoms with E-state index in [0.717, 1.165) is 0 Å². The number of anilines is 1. The van der Waals surface area contributed by atoms with Gasteiger partial charge in [0.1, 0.15) is 11.5 Å². The van der Waals surface area contributed by atoms with Crippen LogP contribution in [0.15, 0.2) is 72.6 Å². The number of nitrogens with zero attached hydrogens (tertiary/aromatic N) is 2. The highest BCUT2D eigenvalue weighted by molar-refractivity contribution is 6.51. The molecule has 1 aromatic heterocycles. The average molecular weight is 460 g/mol. The average Bonchev–Trinajstić information content (AvgIpc) is 3.11. The summed E-state index contributed by atoms with van der Waals surface area (Å²) in [6.45, 7) is 4.37. The minimum Gasteiger partial charge on any atom is -0.507 e. The second kappa shape index (κ2) is 9.66. The molecule has 1 amide bonds. The monoisotopic (exact) mass is 460 g/mol. The fourth-order valence-corrected chi connectivity index (χ4v) is 3.94. The van der Waals surface area contributed by atoms with Crippen molar-refractivity contribution >= 4 is 23.1 Å². The third-order valence-electron chi connectivity index (χ3n) is 5.40. The van der Waals surface area contributed by atoms with Crippen molar-refractivity contribution in [1.29, 1.82) is 0 Å². The molecule has 0 aliphatic carbocycles. The van der Waals surface area contributed by atoms with Crippen molar-refractivity contribution in [2.45, 2.75) is 19.9 Å². The van der Waals surface area contributed by atoms with E-state index in [1.54, 1.807) is 55.5 Å². The zero-order valence-corrected chi connectivity index (χ0v) is 18.8. The summed E-state index contributed by atoms with van der Waals surface area (Å²) in [5.74, 6) is -1.27. The Kier molecular flexibility index (Phi) is 6.49. The molecule has 1 aliphatic heterocycles. The minimum absolute atomic E-state index is 0.0740. The zero-order chi connectivity index (χ0) is 24.2. The summed E-state index contributed by atoms with van der Waals surface area (Å²) in [6.07, 6.45) is 2.97. The molecule has 34 heavy (non-hydrogen) atoms. The number of benzene rings is 2. The maximum absolute atomic E-state index is 13.3. The summed E-state index contributed by atoms with van der Waals surface area (Å²) in [5, 5.41) is 21.3. The maximum atomic E-state index is 13.3. The van der Waals surface area contributed by atoms with E-state index in [9.17, 15) is 19.8 Å². The number of aliphatic hydroxyl groups excluding tert-OH is 1. The van der Waals surface area contributed by atoms with E-state index in [1.165, 1.54) is 23.4 Å². The van der Waals surface area contributed by atoms with Gasteiger partial charge in [-0.3, -0.25) is 19.5 Å². The van der Waals surface area contributed by atoms with Crippen LogP contribution < -0.4 is 14.4 Å². The maximum Gasteiger partial charge on any atom is 0.300 e. The number of phenolic OH excluding ortho intramolecular Hbond substituents is 1. The lowest BCUT2D eigenvalue weighted by Crippen LogP contribution is -2.29. The molecule has 2 heterocycles. The summed E-state index contributed by atoms with van der Waals surface area (Å²) >= 11 is 0. The van der Waals surface area contributed by atoms with Gasteiger partial charge in [0.15, 0.2) is 11.5 Å². The molecule has 1 atom stereocenters. The van der Waals surface area contributed by atoms with E-state index in [0.29, 0.717) is 35.8 Å². The molecule has 0 radical (unpaired) electrons. The summed E-state index contributed by atoms with van der Waals surface area (Å²) in [4.78, 5) is 31.8. The zero-order valence-electron chi connectivity index (χ0n) is 18.8. The fraction of sp³-hybridized carbons (Fsp3) is 0.192. The van der Waals surface area contributed by atoms with Gasteiger partial charge >= 0.3 is 0 Å². The van der Waals surface area contributed by atoms with Crippen LogP contribution in [0.25, 0.3) is 5.76 Å². The van der Waals surface area contributed by atoms with Gasteiger partial charge in [0.05, 0.1) is 24.8 Å². The highest BCUT2D eigenvalue weighted by atomic mass is 16.5. The predicted molar refractivity (Wildman–Crippen MR) is 126 cm³/mol. The van der Waals surface area contributed by atoms with E-state index < -0.39 is 17.7 Å². The van der Waals surface area contributed by atoms with Gasteiger partial charge in [-0.15, -0.1) is 0 Å². The lowest BCUT2D eigenvalue weighted by molar-refractivity contribution is -0.132. The summed E-state index contributed by atoms with van der Waals surface area (Å²) in [7, 11) is 0. The van der Waals surface area contributed by atoms with Crippen LogP contribution in [0.3, 0.4) is 0 Å². The minimum atomic E-state index is -0.968. The molecule has 1 unspecified atom stereocenters. The number of aliphatic hydroxyl groups is 1. The second-order valence-corrected chi connectivity index (χ2v) is 7.50. The Morgan fingerprint density at radius 2 is 1.74 bits per heavy atom. The van der Waals surface area contributed by atoms with Gasteiger partial charge in [-0.1, -0.05) is 12.1 Å². The van der Waals surface area contributed by atoms with Gasteiger partial charge in [0.25, 0.3) is 11.7 Å². The van der Waals surface area contributed by atoms with Crippen LogP contribution in [0.5, 0.6) is 17.2 Å². The molecule has 1 aliphatic rings. The molecule has 2 N–H and O–H groups in total. The van der Waals surface area contributed by atoms with Gasteiger partial charge in [-0.2, -0.15) is 0 Å². The Morgan fingerprint density at radius 3 is 2.44 bits per heavy atom. The summed E-state index contributed by atoms with van der Waals surface area (Å²) < 4.78 is 11.1. The quantitative estimate of drug-likeness (QED) is 0.309. The molecule has 0 saturated carbocycles. The largest absolute Gasteiger partial charge is 0.507 e. The van der Waals surface area contributed by atoms with Crippen molar-refractivity contribution in [1.82, 2.24) is 4.98 Å². The van der Waals surface area contributed by atoms with E-state index in [-0.39, 0.29) is 22.8 Å². The lowest BCUT2D eigenvalue weighted by Gasteiger charge is -2.26. The van der Waals surface area contributed by atoms with Crippen molar-refractivity contribution in [3.8, 4) is 17.2 Å². The Hall–Kier alpha value is -4.33. The number of pyridine rings is 1. The molecule has 8 heteroatoms. The standard InChI is InChI=1S/C26H24N2O6/c1-3-33-19-7-5-6-18(15-19)28-23(17-8-9-20(29)21(14-17)34-4-2)22(25(31)26(28)32)24(30)16-10-12-27-13-11-16/h5-15,23,29-30H,3-4H2,1-2H3/b24-22-. The second-order valence-electron chi connectivity index (χ2n) is 7.50. The van der Waals surface area contributed by atoms with Gasteiger partial charge in [-0.05, 0) is 55.8 Å². The Balaban J connectivity index is 1.94. The first kappa shape index (κ1) is 22.8. The number of hydrogen-bond donors (Lipinski definition) is 2. The van der Waals surface area contributed by atoms with Gasteiger partial charge < -0.3 is 19.7 Å². The van der Waals surface area contributed by atoms with Gasteiger partial charge in [0.2, 0.25) is 0 Å². The van der Waals surface area contributed by atoms with Gasteiger partial charge in [0, 0.05) is 29.7 Å². The smallest absolute Gasteiger partial charge is 0.300 e. The van der Waals surface area contributed by atoms with Crippen LogP contribution >= 0.6 is 0 Å². The first-order valence-electron chi connectivity index (χ1n) is 10.9. The third-order valence-corrected chi connectivity index (χ3v) is 5.40. The predicted octanol–water partition coefficient (Wildman–Crippen LogP) is 4.21. The molecule has 2 aromatic carbocycles. The number of carbonyl (C=O) groups excluding carboxylic acids is 2. The van der Waals surface area contributed by atoms with Crippen molar-refractivity contribution in [2.24, 2.45) is 0 Å². The van der Waals surface area contributed by atoms with E-state index in [2.05, 4.69) is 4.98 Å². The number of amides is 1. The SMILES string of the molecule is CCOc1cccc(N2C(=O)C(=O)/C(=C(\O)c3ccncc3)C2c2ccc(O)c(OCC)c2)c1. The Labute approximate surface area is 196 Å². The molecule has 3 aromatic rings. The number of Topliss-reactive ketones (excluding diaryl/α,β-unsaturated/α-hetero) is 1. The number of phenols is 1. The van der Waals surface area contributed by atoms with Crippen molar-refractivity contribution in [3.05, 3.63) is 83.7 Å². The number of aromatic hydroxyl groups is 1. The molecule has 174 valence electrons. The molecule has 1 saturated heterocycles. The van der Waals surface area contributed by atoms with Crippen molar-refractivity contribution in [3.63, 3.8) is 0 Å². The topological polar surface area (TPSA) is 109 Å². The van der Waals surface area contributed by atoms with Crippen LogP contribution in [0.2, 0.25) is 0 Å². The molecule has 4 rings (SSSR count). The van der Waals surface area contributed by atoms with Crippen LogP contribution in [-0.2, 0) is 9.59 Å². The number of aromatic nitrogens is 1. The van der Waals surface area contributed by atoms with Crippen LogP contribution in [0.4, 0.5) is 5.69 Å². The lowest BCUT2D eigenvalue weighted by atomic mass is 9.95. The number of ketones is 1. The van der Waals surface area contributed by atoms with Crippen LogP contribution in [0, 0.1) is 0 Å². The molecular weight excluding hydrogens is 436 g/mol. The summed E-state index contributed by atoms with van der Waals surface area (Å²) in [5.41, 5.74) is 1.19. The molecule has 1 fully saturated rings. The molecule has 0 bridgehead atoms. The van der Waals surface area contributed by atoms with Crippen molar-refractivity contribution < 1.29 is 29.3 Å².